The molecule has 0 amide bonds. The Morgan fingerprint density at radius 3 is 2.70 bits per heavy atom. The van der Waals surface area contributed by atoms with Crippen molar-refractivity contribution in [3.05, 3.63) is 39.7 Å². The SMILES string of the molecule is Cn1cnc(S(=O)(=O)Nc2ccc(C#N)cc2Br)c1Cl. The van der Waals surface area contributed by atoms with Crippen LogP contribution < -0.4 is 4.72 Å². The van der Waals surface area contributed by atoms with Crippen LogP contribution in [0.3, 0.4) is 0 Å². The highest BCUT2D eigenvalue weighted by atomic mass is 79.9. The Balaban J connectivity index is 2.39. The van der Waals surface area contributed by atoms with Crippen molar-refractivity contribution in [2.75, 3.05) is 4.72 Å². The van der Waals surface area contributed by atoms with E-state index in [1.54, 1.807) is 7.05 Å². The zero-order valence-electron chi connectivity index (χ0n) is 10.1. The smallest absolute Gasteiger partial charge is 0.282 e. The fourth-order valence-electron chi connectivity index (χ4n) is 1.43. The molecule has 6 nitrogen and oxygen atoms in total. The predicted molar refractivity (Wildman–Crippen MR) is 77.9 cm³/mol. The highest BCUT2D eigenvalue weighted by Crippen LogP contribution is 2.27. The third-order valence-corrected chi connectivity index (χ3v) is 4.94. The van der Waals surface area contributed by atoms with Crippen molar-refractivity contribution < 1.29 is 8.42 Å². The average molecular weight is 376 g/mol. The maximum atomic E-state index is 12.2. The molecule has 0 unspecified atom stereocenters. The van der Waals surface area contributed by atoms with Crippen molar-refractivity contribution in [3.63, 3.8) is 0 Å². The molecule has 104 valence electrons. The topological polar surface area (TPSA) is 87.8 Å². The lowest BCUT2D eigenvalue weighted by molar-refractivity contribution is 0.598. The van der Waals surface area contributed by atoms with Crippen molar-refractivity contribution in [3.8, 4) is 6.07 Å². The molecule has 9 heteroatoms. The molecule has 0 saturated heterocycles. The van der Waals surface area contributed by atoms with Crippen LogP contribution in [0.15, 0.2) is 34.0 Å². The summed E-state index contributed by atoms with van der Waals surface area (Å²) in [7, 11) is -2.30. The maximum Gasteiger partial charge on any atom is 0.282 e. The molecule has 0 saturated carbocycles. The van der Waals surface area contributed by atoms with Crippen molar-refractivity contribution in [2.45, 2.75) is 5.03 Å². The Kier molecular flexibility index (Phi) is 4.04. The highest BCUT2D eigenvalue weighted by Gasteiger charge is 2.23. The second-order valence-electron chi connectivity index (χ2n) is 3.86. The average Bonchev–Trinajstić information content (AvgIpc) is 2.73. The van der Waals surface area contributed by atoms with Crippen LogP contribution >= 0.6 is 27.5 Å². The van der Waals surface area contributed by atoms with Gasteiger partial charge in [0.05, 0.1) is 23.6 Å². The minimum Gasteiger partial charge on any atom is -0.324 e. The largest absolute Gasteiger partial charge is 0.324 e. The second kappa shape index (κ2) is 5.44. The zero-order chi connectivity index (χ0) is 14.9. The fourth-order valence-corrected chi connectivity index (χ4v) is 3.56. The molecule has 1 N–H and O–H groups in total. The van der Waals surface area contributed by atoms with Gasteiger partial charge in [-0.25, -0.2) is 4.98 Å². The number of nitrogens with one attached hydrogen (secondary N) is 1. The van der Waals surface area contributed by atoms with Crippen LogP contribution in [0.5, 0.6) is 0 Å². The molecule has 1 aromatic heterocycles. The number of nitriles is 1. The summed E-state index contributed by atoms with van der Waals surface area (Å²) in [6, 6.07) is 6.46. The van der Waals surface area contributed by atoms with Crippen molar-refractivity contribution >= 4 is 43.2 Å². The number of halogens is 2. The summed E-state index contributed by atoms with van der Waals surface area (Å²) in [6.07, 6.45) is 1.31. The minimum absolute atomic E-state index is 0.0160. The Bertz CT molecular complexity index is 810. The summed E-state index contributed by atoms with van der Waals surface area (Å²) in [6.45, 7) is 0. The van der Waals surface area contributed by atoms with Gasteiger partial charge in [-0.05, 0) is 34.1 Å². The van der Waals surface area contributed by atoms with Crippen LogP contribution in [0.25, 0.3) is 0 Å². The predicted octanol–water partition coefficient (Wildman–Crippen LogP) is 2.51. The van der Waals surface area contributed by atoms with Gasteiger partial charge >= 0.3 is 0 Å². The number of imidazole rings is 1. The summed E-state index contributed by atoms with van der Waals surface area (Å²) in [5.74, 6) is 0. The number of benzene rings is 1. The Morgan fingerprint density at radius 1 is 1.50 bits per heavy atom. The molecule has 2 aromatic rings. The van der Waals surface area contributed by atoms with Crippen molar-refractivity contribution in [1.82, 2.24) is 9.55 Å². The van der Waals surface area contributed by atoms with Gasteiger partial charge in [-0.2, -0.15) is 13.7 Å². The number of rotatable bonds is 3. The lowest BCUT2D eigenvalue weighted by atomic mass is 10.2. The van der Waals surface area contributed by atoms with Gasteiger partial charge < -0.3 is 4.57 Å². The van der Waals surface area contributed by atoms with E-state index in [9.17, 15) is 8.42 Å². The van der Waals surface area contributed by atoms with Gasteiger partial charge in [0.15, 0.2) is 0 Å². The number of aryl methyl sites for hydroxylation is 1. The lowest BCUT2D eigenvalue weighted by Crippen LogP contribution is -2.14. The van der Waals surface area contributed by atoms with E-state index in [1.807, 2.05) is 6.07 Å². The number of aromatic nitrogens is 2. The molecule has 0 radical (unpaired) electrons. The van der Waals surface area contributed by atoms with Gasteiger partial charge in [-0.3, -0.25) is 4.72 Å². The number of sulfonamides is 1. The van der Waals surface area contributed by atoms with Crippen LogP contribution in [0.2, 0.25) is 5.15 Å². The molecule has 0 aliphatic carbocycles. The molecule has 0 atom stereocenters. The Morgan fingerprint density at radius 2 is 2.20 bits per heavy atom. The monoisotopic (exact) mass is 374 g/mol. The number of hydrogen-bond acceptors (Lipinski definition) is 4. The maximum absolute atomic E-state index is 12.2. The van der Waals surface area contributed by atoms with Crippen molar-refractivity contribution in [1.29, 1.82) is 5.26 Å². The molecule has 0 bridgehead atoms. The zero-order valence-corrected chi connectivity index (χ0v) is 13.3. The Hall–Kier alpha value is -1.56. The van der Waals surface area contributed by atoms with Gasteiger partial charge in [0, 0.05) is 11.5 Å². The van der Waals surface area contributed by atoms with Crippen LogP contribution in [0.1, 0.15) is 5.56 Å². The van der Waals surface area contributed by atoms with E-state index in [0.29, 0.717) is 15.7 Å². The molecule has 1 aromatic carbocycles. The molecular formula is C11H8BrClN4O2S. The van der Waals surface area contributed by atoms with E-state index in [2.05, 4.69) is 25.6 Å². The lowest BCUT2D eigenvalue weighted by Gasteiger charge is -2.08. The van der Waals surface area contributed by atoms with Crippen LogP contribution in [-0.2, 0) is 17.1 Å². The summed E-state index contributed by atoms with van der Waals surface area (Å²) in [4.78, 5) is 3.76. The van der Waals surface area contributed by atoms with Crippen LogP contribution in [0.4, 0.5) is 5.69 Å². The van der Waals surface area contributed by atoms with E-state index >= 15 is 0 Å². The highest BCUT2D eigenvalue weighted by molar-refractivity contribution is 9.10. The normalized spacial score (nSPS) is 11.1. The van der Waals surface area contributed by atoms with E-state index < -0.39 is 10.0 Å². The van der Waals surface area contributed by atoms with Gasteiger partial charge in [0.25, 0.3) is 10.0 Å². The molecule has 1 heterocycles. The molecular weight excluding hydrogens is 368 g/mol. The first kappa shape index (κ1) is 14.8. The van der Waals surface area contributed by atoms with E-state index in [4.69, 9.17) is 16.9 Å². The summed E-state index contributed by atoms with van der Waals surface area (Å²) >= 11 is 9.07. The van der Waals surface area contributed by atoms with Gasteiger partial charge in [0.2, 0.25) is 5.03 Å². The molecule has 0 fully saturated rings. The number of hydrogen-bond donors (Lipinski definition) is 1. The second-order valence-corrected chi connectivity index (χ2v) is 6.67. The van der Waals surface area contributed by atoms with Gasteiger partial charge in [-0.15, -0.1) is 0 Å². The van der Waals surface area contributed by atoms with Crippen LogP contribution in [0, 0.1) is 11.3 Å². The first-order valence-electron chi connectivity index (χ1n) is 5.24. The summed E-state index contributed by atoms with van der Waals surface area (Å²) < 4.78 is 28.6. The Labute approximate surface area is 129 Å². The first-order valence-corrected chi connectivity index (χ1v) is 7.90. The third-order valence-electron chi connectivity index (χ3n) is 2.43. The molecule has 0 spiro atoms. The molecule has 20 heavy (non-hydrogen) atoms. The van der Waals surface area contributed by atoms with Crippen LogP contribution in [-0.4, -0.2) is 18.0 Å². The summed E-state index contributed by atoms with van der Waals surface area (Å²) in [5, 5.41) is 8.53. The number of nitrogens with zero attached hydrogens (tertiary/aromatic N) is 3. The summed E-state index contributed by atoms with van der Waals surface area (Å²) in [5.41, 5.74) is 0.710. The van der Waals surface area contributed by atoms with E-state index in [0.717, 1.165) is 0 Å². The van der Waals surface area contributed by atoms with Crippen molar-refractivity contribution in [2.24, 2.45) is 7.05 Å². The van der Waals surface area contributed by atoms with E-state index in [1.165, 1.54) is 29.1 Å². The number of anilines is 1. The van der Waals surface area contributed by atoms with E-state index in [-0.39, 0.29) is 10.2 Å². The van der Waals surface area contributed by atoms with Gasteiger partial charge in [0.1, 0.15) is 5.15 Å². The first-order chi connectivity index (χ1) is 9.35. The third kappa shape index (κ3) is 2.80. The minimum atomic E-state index is -3.89. The van der Waals surface area contributed by atoms with Gasteiger partial charge in [-0.1, -0.05) is 11.6 Å². The molecule has 2 rings (SSSR count). The molecule has 0 aliphatic heterocycles. The quantitative estimate of drug-likeness (QED) is 0.893. The fraction of sp³-hybridized carbons (Fsp3) is 0.0909. The standard InChI is InChI=1S/C11H8BrClN4O2S/c1-17-6-15-11(10(17)13)20(18,19)16-9-3-2-7(5-14)4-8(9)12/h2-4,6,16H,1H3. The molecule has 0 aliphatic rings.